The van der Waals surface area contributed by atoms with Crippen LogP contribution in [-0.2, 0) is 19.2 Å². The Morgan fingerprint density at radius 2 is 2.06 bits per heavy atom. The van der Waals surface area contributed by atoms with Gasteiger partial charge in [0.1, 0.15) is 29.8 Å². The van der Waals surface area contributed by atoms with Crippen molar-refractivity contribution in [2.75, 3.05) is 31.0 Å². The van der Waals surface area contributed by atoms with Crippen LogP contribution >= 0.6 is 0 Å². The maximum absolute atomic E-state index is 14.1. The first-order valence-electron chi connectivity index (χ1n) is 10.7. The molecule has 0 amide bonds. The van der Waals surface area contributed by atoms with E-state index in [0.29, 0.717) is 41.7 Å². The fourth-order valence-electron chi connectivity index (χ4n) is 4.31. The number of fused-ring (bicyclic) bond motifs is 2. The van der Waals surface area contributed by atoms with Gasteiger partial charge in [-0.15, -0.1) is 0 Å². The highest BCUT2D eigenvalue weighted by Gasteiger charge is 2.43. The minimum Gasteiger partial charge on any atom is -0.485 e. The molecule has 3 aromatic rings. The molecule has 1 N–H and O–H groups in total. The number of nitrogens with one attached hydrogen (secondary N) is 1. The molecule has 0 saturated carbocycles. The minimum atomic E-state index is -2.30. The number of benzene rings is 2. The molecule has 2 aliphatic rings. The van der Waals surface area contributed by atoms with Gasteiger partial charge in [0.2, 0.25) is 0 Å². The molecule has 2 fully saturated rings. The van der Waals surface area contributed by atoms with Crippen LogP contribution in [0.3, 0.4) is 0 Å². The van der Waals surface area contributed by atoms with Gasteiger partial charge in [0.25, 0.3) is 0 Å². The van der Waals surface area contributed by atoms with E-state index in [0.717, 1.165) is 17.4 Å². The Balaban J connectivity index is 1.49. The zero-order chi connectivity index (χ0) is 23.2. The second kappa shape index (κ2) is 8.51. The Hall–Kier alpha value is -2.82. The smallest absolute Gasteiger partial charge is 0.164 e. The van der Waals surface area contributed by atoms with Crippen molar-refractivity contribution in [2.24, 2.45) is 10.3 Å². The molecule has 1 aromatic heterocycles. The van der Waals surface area contributed by atoms with Gasteiger partial charge in [0, 0.05) is 33.7 Å². The second-order valence-electron chi connectivity index (χ2n) is 8.60. The van der Waals surface area contributed by atoms with Crippen molar-refractivity contribution in [3.63, 3.8) is 0 Å². The van der Waals surface area contributed by atoms with Crippen LogP contribution in [0.4, 0.5) is 21.6 Å². The summed E-state index contributed by atoms with van der Waals surface area (Å²) in [6.45, 7) is 2.95. The molecule has 8 nitrogen and oxygen atoms in total. The quantitative estimate of drug-likeness (QED) is 0.591. The lowest BCUT2D eigenvalue weighted by Gasteiger charge is -2.20. The van der Waals surface area contributed by atoms with Gasteiger partial charge in [-0.1, -0.05) is 0 Å². The average Bonchev–Trinajstić information content (AvgIpc) is 3.34. The van der Waals surface area contributed by atoms with Crippen molar-refractivity contribution in [2.45, 2.75) is 25.7 Å². The lowest BCUT2D eigenvalue weighted by atomic mass is 10.0. The SMILES string of the molecule is Cc1cc(N=S(C)(C)=O)cc2ncnc(Nc3ccc(F)cc3O[C@@H]3COC4OCCC43)c12. The number of hydrogen-bond donors (Lipinski definition) is 1. The standard InChI is InChI=1S/C23H25FN4O4S/c1-13-8-15(28-33(2,3)29)10-18-21(13)22(26-12-25-18)27-17-5-4-14(24)9-19(17)32-20-11-31-23-16(20)6-7-30-23/h4-5,8-10,12,16,20,23H,6-7,11H2,1-3H3,(H,25,26,27)/t16?,20-,23?/m1/s1. The van der Waals surface area contributed by atoms with Crippen LogP contribution in [0.25, 0.3) is 10.9 Å². The monoisotopic (exact) mass is 472 g/mol. The normalized spacial score (nSPS) is 22.4. The first-order valence-corrected chi connectivity index (χ1v) is 13.0. The summed E-state index contributed by atoms with van der Waals surface area (Å²) in [4.78, 5) is 8.78. The van der Waals surface area contributed by atoms with Gasteiger partial charge in [-0.2, -0.15) is 4.36 Å². The molecule has 3 atom stereocenters. The van der Waals surface area contributed by atoms with E-state index in [1.54, 1.807) is 24.6 Å². The predicted molar refractivity (Wildman–Crippen MR) is 124 cm³/mol. The van der Waals surface area contributed by atoms with Crippen molar-refractivity contribution >= 4 is 37.8 Å². The number of hydrogen-bond acceptors (Lipinski definition) is 8. The van der Waals surface area contributed by atoms with E-state index in [9.17, 15) is 8.60 Å². The maximum atomic E-state index is 14.1. The molecule has 5 rings (SSSR count). The molecule has 3 heterocycles. The van der Waals surface area contributed by atoms with Crippen LogP contribution in [-0.4, -0.2) is 52.3 Å². The average molecular weight is 473 g/mol. The summed E-state index contributed by atoms with van der Waals surface area (Å²) in [6, 6.07) is 7.98. The molecule has 2 aromatic carbocycles. The van der Waals surface area contributed by atoms with Crippen molar-refractivity contribution in [3.05, 3.63) is 48.0 Å². The Labute approximate surface area is 191 Å². The summed E-state index contributed by atoms with van der Waals surface area (Å²) in [7, 11) is -2.30. The second-order valence-corrected chi connectivity index (χ2v) is 11.1. The van der Waals surface area contributed by atoms with Crippen LogP contribution in [0, 0.1) is 18.7 Å². The number of aromatic nitrogens is 2. The summed E-state index contributed by atoms with van der Waals surface area (Å²) in [6.07, 6.45) is 4.99. The van der Waals surface area contributed by atoms with Gasteiger partial charge in [-0.3, -0.25) is 0 Å². The number of anilines is 2. The topological polar surface area (TPSA) is 94.9 Å². The summed E-state index contributed by atoms with van der Waals surface area (Å²) in [5.74, 6) is 0.659. The predicted octanol–water partition coefficient (Wildman–Crippen LogP) is 4.32. The number of halogens is 1. The summed E-state index contributed by atoms with van der Waals surface area (Å²) >= 11 is 0. The molecular weight excluding hydrogens is 447 g/mol. The van der Waals surface area contributed by atoms with Gasteiger partial charge >= 0.3 is 0 Å². The highest BCUT2D eigenvalue weighted by molar-refractivity contribution is 7.92. The molecule has 2 aliphatic heterocycles. The van der Waals surface area contributed by atoms with Crippen LogP contribution in [0.1, 0.15) is 12.0 Å². The maximum Gasteiger partial charge on any atom is 0.164 e. The molecule has 0 aliphatic carbocycles. The van der Waals surface area contributed by atoms with Crippen LogP contribution in [0.5, 0.6) is 5.75 Å². The third-order valence-corrected chi connectivity index (χ3v) is 6.36. The third-order valence-electron chi connectivity index (χ3n) is 5.71. The van der Waals surface area contributed by atoms with Crippen molar-refractivity contribution in [1.82, 2.24) is 9.97 Å². The van der Waals surface area contributed by atoms with Gasteiger partial charge in [0.15, 0.2) is 6.29 Å². The van der Waals surface area contributed by atoms with E-state index in [1.807, 2.05) is 13.0 Å². The van der Waals surface area contributed by atoms with Gasteiger partial charge in [0.05, 0.1) is 36.0 Å². The van der Waals surface area contributed by atoms with Crippen LogP contribution in [0.2, 0.25) is 0 Å². The van der Waals surface area contributed by atoms with Crippen molar-refractivity contribution in [1.29, 1.82) is 0 Å². The molecular formula is C23H25FN4O4S. The zero-order valence-electron chi connectivity index (χ0n) is 18.6. The molecule has 0 spiro atoms. The lowest BCUT2D eigenvalue weighted by Crippen LogP contribution is -2.26. The summed E-state index contributed by atoms with van der Waals surface area (Å²) in [5, 5.41) is 4.07. The summed E-state index contributed by atoms with van der Waals surface area (Å²) < 4.78 is 47.9. The van der Waals surface area contributed by atoms with E-state index in [-0.39, 0.29) is 18.3 Å². The van der Waals surface area contributed by atoms with Crippen LogP contribution in [0.15, 0.2) is 41.0 Å². The van der Waals surface area contributed by atoms with E-state index < -0.39 is 15.5 Å². The number of rotatable bonds is 5. The molecule has 2 saturated heterocycles. The Morgan fingerprint density at radius 1 is 1.21 bits per heavy atom. The number of nitrogens with zero attached hydrogens (tertiary/aromatic N) is 3. The van der Waals surface area contributed by atoms with Crippen molar-refractivity contribution < 1.29 is 22.8 Å². The van der Waals surface area contributed by atoms with E-state index in [1.165, 1.54) is 18.5 Å². The molecule has 0 radical (unpaired) electrons. The number of aryl methyl sites for hydroxylation is 1. The first-order chi connectivity index (χ1) is 15.8. The minimum absolute atomic E-state index is 0.123. The van der Waals surface area contributed by atoms with Gasteiger partial charge < -0.3 is 19.5 Å². The summed E-state index contributed by atoms with van der Waals surface area (Å²) in [5.41, 5.74) is 2.71. The Kier molecular flexibility index (Phi) is 5.67. The van der Waals surface area contributed by atoms with E-state index in [4.69, 9.17) is 14.2 Å². The molecule has 33 heavy (non-hydrogen) atoms. The van der Waals surface area contributed by atoms with Crippen molar-refractivity contribution in [3.8, 4) is 5.75 Å². The highest BCUT2D eigenvalue weighted by atomic mass is 32.2. The Bertz CT molecular complexity index is 1330. The Morgan fingerprint density at radius 3 is 2.88 bits per heavy atom. The fourth-order valence-corrected chi connectivity index (χ4v) is 4.92. The molecule has 2 unspecified atom stereocenters. The highest BCUT2D eigenvalue weighted by Crippen LogP contribution is 2.38. The zero-order valence-corrected chi connectivity index (χ0v) is 19.4. The van der Waals surface area contributed by atoms with Crippen LogP contribution < -0.4 is 10.1 Å². The molecule has 10 heteroatoms. The fraction of sp³-hybridized carbons (Fsp3) is 0.391. The first kappa shape index (κ1) is 22.0. The molecule has 174 valence electrons. The lowest BCUT2D eigenvalue weighted by molar-refractivity contribution is -0.0906. The van der Waals surface area contributed by atoms with Gasteiger partial charge in [-0.05, 0) is 43.2 Å². The van der Waals surface area contributed by atoms with E-state index in [2.05, 4.69) is 19.6 Å². The van der Waals surface area contributed by atoms with E-state index >= 15 is 0 Å². The third kappa shape index (κ3) is 4.64. The number of ether oxygens (including phenoxy) is 3. The largest absolute Gasteiger partial charge is 0.485 e. The van der Waals surface area contributed by atoms with Gasteiger partial charge in [-0.25, -0.2) is 18.6 Å². The molecule has 0 bridgehead atoms.